The first-order valence-electron chi connectivity index (χ1n) is 9.50. The van der Waals surface area contributed by atoms with Crippen molar-refractivity contribution in [1.82, 2.24) is 9.78 Å². The minimum atomic E-state index is -1.16. The summed E-state index contributed by atoms with van der Waals surface area (Å²) in [6.45, 7) is 7.04. The predicted octanol–water partition coefficient (Wildman–Crippen LogP) is 5.53. The Bertz CT molecular complexity index is 1090. The summed E-state index contributed by atoms with van der Waals surface area (Å²) in [4.78, 5) is 24.5. The molecule has 0 aliphatic rings. The third kappa shape index (κ3) is 4.16. The number of amides is 1. The molecule has 158 valence electrons. The molecule has 0 fully saturated rings. The van der Waals surface area contributed by atoms with E-state index in [1.807, 2.05) is 6.92 Å². The summed E-state index contributed by atoms with van der Waals surface area (Å²) < 4.78 is 21.2. The van der Waals surface area contributed by atoms with E-state index >= 15 is 0 Å². The molecular formula is C22H23ClFN3O3. The number of aldehydes is 1. The largest absolute Gasteiger partial charge is 0.444 e. The molecule has 0 aliphatic carbocycles. The van der Waals surface area contributed by atoms with Gasteiger partial charge in [0.1, 0.15) is 17.0 Å². The molecule has 1 N–H and O–H groups in total. The Morgan fingerprint density at radius 1 is 1.27 bits per heavy atom. The van der Waals surface area contributed by atoms with Crippen LogP contribution in [0.25, 0.3) is 10.9 Å². The van der Waals surface area contributed by atoms with Gasteiger partial charge in [-0.25, -0.2) is 13.9 Å². The molecule has 3 rings (SSSR count). The number of ether oxygens (including phenoxy) is 1. The van der Waals surface area contributed by atoms with E-state index in [0.717, 1.165) is 6.29 Å². The lowest BCUT2D eigenvalue weighted by Crippen LogP contribution is -2.37. The van der Waals surface area contributed by atoms with Crippen LogP contribution in [0.3, 0.4) is 0 Å². The Morgan fingerprint density at radius 2 is 1.93 bits per heavy atom. The van der Waals surface area contributed by atoms with Crippen LogP contribution < -0.4 is 5.32 Å². The number of carbonyl (C=O) groups is 2. The van der Waals surface area contributed by atoms with Gasteiger partial charge in [0.05, 0.1) is 17.4 Å². The number of hydrogen-bond donors (Lipinski definition) is 1. The van der Waals surface area contributed by atoms with Crippen LogP contribution in [0.4, 0.5) is 14.9 Å². The Labute approximate surface area is 179 Å². The molecule has 1 amide bonds. The van der Waals surface area contributed by atoms with Crippen molar-refractivity contribution < 1.29 is 18.7 Å². The monoisotopic (exact) mass is 431 g/mol. The second-order valence-electron chi connectivity index (χ2n) is 7.97. The molecular weight excluding hydrogens is 409 g/mol. The summed E-state index contributed by atoms with van der Waals surface area (Å²) in [5.74, 6) is -0.581. The van der Waals surface area contributed by atoms with Crippen molar-refractivity contribution in [3.05, 3.63) is 59.0 Å². The quantitative estimate of drug-likeness (QED) is 0.539. The van der Waals surface area contributed by atoms with Crippen molar-refractivity contribution >= 4 is 40.6 Å². The van der Waals surface area contributed by atoms with Gasteiger partial charge in [-0.1, -0.05) is 30.7 Å². The lowest BCUT2D eigenvalue weighted by Gasteiger charge is -2.29. The van der Waals surface area contributed by atoms with Gasteiger partial charge in [-0.15, -0.1) is 0 Å². The van der Waals surface area contributed by atoms with Crippen LogP contribution >= 0.6 is 11.6 Å². The molecule has 0 aliphatic heterocycles. The number of rotatable bonds is 5. The first kappa shape index (κ1) is 21.8. The number of nitrogens with zero attached hydrogens (tertiary/aromatic N) is 2. The normalized spacial score (nSPS) is 13.7. The van der Waals surface area contributed by atoms with Crippen molar-refractivity contribution in [2.75, 3.05) is 5.32 Å². The number of anilines is 1. The molecule has 8 heteroatoms. The Balaban J connectivity index is 2.13. The highest BCUT2D eigenvalue weighted by atomic mass is 35.5. The van der Waals surface area contributed by atoms with Gasteiger partial charge in [-0.3, -0.25) is 5.32 Å². The summed E-state index contributed by atoms with van der Waals surface area (Å²) in [5, 5.41) is 7.97. The maximum absolute atomic E-state index is 14.5. The Kier molecular flexibility index (Phi) is 5.85. The summed E-state index contributed by atoms with van der Waals surface area (Å²) in [7, 11) is 0. The molecule has 0 radical (unpaired) electrons. The Morgan fingerprint density at radius 3 is 2.50 bits per heavy atom. The molecule has 1 aromatic heterocycles. The fraction of sp³-hybridized carbons (Fsp3) is 0.318. The maximum atomic E-state index is 14.5. The average molecular weight is 432 g/mol. The summed E-state index contributed by atoms with van der Waals surface area (Å²) in [6.07, 6.45) is 1.94. The molecule has 1 atom stereocenters. The van der Waals surface area contributed by atoms with Crippen molar-refractivity contribution in [3.8, 4) is 0 Å². The fourth-order valence-electron chi connectivity index (χ4n) is 3.34. The van der Waals surface area contributed by atoms with Crippen LogP contribution in [0.1, 0.15) is 39.7 Å². The van der Waals surface area contributed by atoms with Gasteiger partial charge < -0.3 is 9.53 Å². The third-order valence-corrected chi connectivity index (χ3v) is 5.00. The molecule has 0 saturated carbocycles. The second kappa shape index (κ2) is 8.07. The standard InChI is InChI=1S/C22H23ClFN3O3/c1-5-22(13-28,14-6-8-15(23)9-7-14)27-19-11-16(24)10-18(17(19)12-25-27)26-20(29)30-21(2,3)4/h6-13H,5H2,1-4H3,(H,26,29). The van der Waals surface area contributed by atoms with Crippen LogP contribution in [0.2, 0.25) is 5.02 Å². The van der Waals surface area contributed by atoms with E-state index in [9.17, 15) is 14.0 Å². The first-order valence-corrected chi connectivity index (χ1v) is 9.87. The van der Waals surface area contributed by atoms with Crippen molar-refractivity contribution in [1.29, 1.82) is 0 Å². The summed E-state index contributed by atoms with van der Waals surface area (Å²) in [5.41, 5.74) is -0.629. The van der Waals surface area contributed by atoms with Gasteiger partial charge in [0, 0.05) is 10.4 Å². The van der Waals surface area contributed by atoms with Gasteiger partial charge >= 0.3 is 6.09 Å². The zero-order chi connectivity index (χ0) is 22.1. The topological polar surface area (TPSA) is 73.2 Å². The van der Waals surface area contributed by atoms with Crippen LogP contribution in [0.5, 0.6) is 0 Å². The molecule has 0 spiro atoms. The highest BCUT2D eigenvalue weighted by Crippen LogP contribution is 2.34. The maximum Gasteiger partial charge on any atom is 0.412 e. The highest BCUT2D eigenvalue weighted by Gasteiger charge is 2.35. The minimum absolute atomic E-state index is 0.206. The molecule has 0 saturated heterocycles. The van der Waals surface area contributed by atoms with Crippen LogP contribution in [0.15, 0.2) is 42.6 Å². The highest BCUT2D eigenvalue weighted by molar-refractivity contribution is 6.30. The zero-order valence-electron chi connectivity index (χ0n) is 17.2. The van der Waals surface area contributed by atoms with Crippen molar-refractivity contribution in [2.45, 2.75) is 45.3 Å². The molecule has 3 aromatic rings. The van der Waals surface area contributed by atoms with Crippen LogP contribution in [-0.4, -0.2) is 27.8 Å². The fourth-order valence-corrected chi connectivity index (χ4v) is 3.47. The number of carbonyl (C=O) groups excluding carboxylic acids is 2. The minimum Gasteiger partial charge on any atom is -0.444 e. The first-order chi connectivity index (χ1) is 14.1. The zero-order valence-corrected chi connectivity index (χ0v) is 18.0. The van der Waals surface area contributed by atoms with Crippen LogP contribution in [0, 0.1) is 5.82 Å². The van der Waals surface area contributed by atoms with E-state index in [1.165, 1.54) is 23.0 Å². The third-order valence-electron chi connectivity index (χ3n) is 4.75. The lowest BCUT2D eigenvalue weighted by atomic mass is 9.88. The number of fused-ring (bicyclic) bond motifs is 1. The predicted molar refractivity (Wildman–Crippen MR) is 114 cm³/mol. The molecule has 2 aromatic carbocycles. The number of benzene rings is 2. The molecule has 1 unspecified atom stereocenters. The molecule has 1 heterocycles. The van der Waals surface area contributed by atoms with Crippen LogP contribution in [-0.2, 0) is 15.1 Å². The molecule has 30 heavy (non-hydrogen) atoms. The number of halogens is 2. The SMILES string of the molecule is CCC(C=O)(c1ccc(Cl)cc1)n1ncc2c(NC(=O)OC(C)(C)C)cc(F)cc21. The van der Waals surface area contributed by atoms with E-state index in [-0.39, 0.29) is 5.69 Å². The van der Waals surface area contributed by atoms with E-state index in [4.69, 9.17) is 16.3 Å². The van der Waals surface area contributed by atoms with Gasteiger partial charge in [0.25, 0.3) is 0 Å². The van der Waals surface area contributed by atoms with Gasteiger partial charge in [0.2, 0.25) is 0 Å². The number of hydrogen-bond acceptors (Lipinski definition) is 4. The van der Waals surface area contributed by atoms with E-state index in [0.29, 0.717) is 27.9 Å². The lowest BCUT2D eigenvalue weighted by molar-refractivity contribution is -0.114. The summed E-state index contributed by atoms with van der Waals surface area (Å²) in [6, 6.07) is 9.33. The van der Waals surface area contributed by atoms with E-state index in [1.54, 1.807) is 45.0 Å². The van der Waals surface area contributed by atoms with E-state index < -0.39 is 23.1 Å². The second-order valence-corrected chi connectivity index (χ2v) is 8.41. The average Bonchev–Trinajstić information content (AvgIpc) is 3.07. The van der Waals surface area contributed by atoms with Gasteiger partial charge in [0.15, 0.2) is 6.29 Å². The summed E-state index contributed by atoms with van der Waals surface area (Å²) >= 11 is 5.99. The number of aromatic nitrogens is 2. The Hall–Kier alpha value is -2.93. The number of nitrogens with one attached hydrogen (secondary N) is 1. The van der Waals surface area contributed by atoms with Crippen molar-refractivity contribution in [3.63, 3.8) is 0 Å². The van der Waals surface area contributed by atoms with Gasteiger partial charge in [-0.05, 0) is 57.0 Å². The van der Waals surface area contributed by atoms with Crippen molar-refractivity contribution in [2.24, 2.45) is 0 Å². The molecule has 0 bridgehead atoms. The molecule has 6 nitrogen and oxygen atoms in total. The smallest absolute Gasteiger partial charge is 0.412 e. The van der Waals surface area contributed by atoms with E-state index in [2.05, 4.69) is 10.4 Å². The van der Waals surface area contributed by atoms with Gasteiger partial charge in [-0.2, -0.15) is 5.10 Å².